The number of nitrogens with one attached hydrogen (secondary N) is 2. The molecule has 2 heterocycles. The molecule has 0 saturated carbocycles. The van der Waals surface area contributed by atoms with E-state index < -0.39 is 35.0 Å². The van der Waals surface area contributed by atoms with Gasteiger partial charge in [-0.1, -0.05) is 48.5 Å². The van der Waals surface area contributed by atoms with Gasteiger partial charge in [0.25, 0.3) is 0 Å². The Hall–Kier alpha value is -4.14. The number of aliphatic carboxylic acids is 1. The average Bonchev–Trinajstić information content (AvgIpc) is 3.25. The van der Waals surface area contributed by atoms with Crippen LogP contribution in [0.15, 0.2) is 60.8 Å². The maximum Gasteiger partial charge on any atom is 0.333 e. The standard InChI is InChI=1S/C29H33N3O6/c1-28(2,3)38-27(37)29(16-20-18-30-22-12-8-7-11-21(20)22)17-25(34)32(29)14-13-24(33)31-23(26(35)36)15-19-9-5-4-6-10-19/h4-12,18,23,30H,13-17H2,1-3H3,(H,31,33)(H,35,36)/t23-,29-/m0/s1. The number of β-lactam (4-membered cyclic amide) rings is 1. The number of carboxylic acid groups (broad SMARTS) is 1. The minimum Gasteiger partial charge on any atom is -0.480 e. The number of H-pyrrole nitrogens is 1. The topological polar surface area (TPSA) is 129 Å². The van der Waals surface area contributed by atoms with E-state index in [0.29, 0.717) is 0 Å². The molecular weight excluding hydrogens is 486 g/mol. The van der Waals surface area contributed by atoms with Gasteiger partial charge in [-0.3, -0.25) is 9.59 Å². The summed E-state index contributed by atoms with van der Waals surface area (Å²) >= 11 is 0. The number of benzene rings is 2. The summed E-state index contributed by atoms with van der Waals surface area (Å²) in [7, 11) is 0. The molecule has 9 heteroatoms. The molecule has 0 bridgehead atoms. The van der Waals surface area contributed by atoms with Crippen molar-refractivity contribution in [2.75, 3.05) is 6.54 Å². The maximum atomic E-state index is 13.5. The highest BCUT2D eigenvalue weighted by Gasteiger charge is 2.58. The summed E-state index contributed by atoms with van der Waals surface area (Å²) in [5.74, 6) is -2.45. The minimum atomic E-state index is -1.26. The third-order valence-corrected chi connectivity index (χ3v) is 6.68. The van der Waals surface area contributed by atoms with Crippen LogP contribution in [0.25, 0.3) is 10.9 Å². The van der Waals surface area contributed by atoms with Crippen molar-refractivity contribution in [3.63, 3.8) is 0 Å². The predicted molar refractivity (Wildman–Crippen MR) is 141 cm³/mol. The van der Waals surface area contributed by atoms with Gasteiger partial charge in [-0.15, -0.1) is 0 Å². The molecule has 3 aromatic rings. The quantitative estimate of drug-likeness (QED) is 0.279. The number of fused-ring (bicyclic) bond motifs is 1. The van der Waals surface area contributed by atoms with E-state index in [4.69, 9.17) is 4.74 Å². The molecule has 2 atom stereocenters. The number of aromatic nitrogens is 1. The number of amides is 2. The van der Waals surface area contributed by atoms with Crippen LogP contribution < -0.4 is 5.32 Å². The average molecular weight is 520 g/mol. The van der Waals surface area contributed by atoms with E-state index in [1.54, 1.807) is 45.0 Å². The summed E-state index contributed by atoms with van der Waals surface area (Å²) in [6, 6.07) is 15.6. The molecule has 0 radical (unpaired) electrons. The van der Waals surface area contributed by atoms with Gasteiger partial charge in [-0.2, -0.15) is 0 Å². The molecule has 1 aromatic heterocycles. The Labute approximate surface area is 221 Å². The van der Waals surface area contributed by atoms with Gasteiger partial charge in [0.15, 0.2) is 5.54 Å². The Morgan fingerprint density at radius 3 is 2.45 bits per heavy atom. The van der Waals surface area contributed by atoms with E-state index in [0.717, 1.165) is 22.0 Å². The number of hydrogen-bond donors (Lipinski definition) is 3. The third-order valence-electron chi connectivity index (χ3n) is 6.68. The lowest BCUT2D eigenvalue weighted by Gasteiger charge is -2.50. The van der Waals surface area contributed by atoms with Crippen molar-refractivity contribution in [2.45, 2.75) is 63.6 Å². The molecule has 1 aliphatic rings. The van der Waals surface area contributed by atoms with Gasteiger partial charge in [-0.25, -0.2) is 9.59 Å². The van der Waals surface area contributed by atoms with Gasteiger partial charge in [0.05, 0.1) is 6.42 Å². The molecule has 1 saturated heterocycles. The van der Waals surface area contributed by atoms with Crippen molar-refractivity contribution >= 4 is 34.7 Å². The van der Waals surface area contributed by atoms with E-state index in [1.165, 1.54) is 4.90 Å². The molecule has 0 unspecified atom stereocenters. The first-order chi connectivity index (χ1) is 18.0. The fourth-order valence-corrected chi connectivity index (χ4v) is 4.84. The summed E-state index contributed by atoms with van der Waals surface area (Å²) in [6.45, 7) is 5.26. The molecule has 3 N–H and O–H groups in total. The van der Waals surface area contributed by atoms with Crippen LogP contribution >= 0.6 is 0 Å². The largest absolute Gasteiger partial charge is 0.480 e. The number of hydrogen-bond acceptors (Lipinski definition) is 5. The van der Waals surface area contributed by atoms with Crippen molar-refractivity contribution in [3.05, 3.63) is 71.9 Å². The van der Waals surface area contributed by atoms with Crippen LogP contribution in [0.5, 0.6) is 0 Å². The van der Waals surface area contributed by atoms with E-state index in [9.17, 15) is 24.3 Å². The number of ether oxygens (including phenoxy) is 1. The second-order valence-electron chi connectivity index (χ2n) is 10.7. The second-order valence-corrected chi connectivity index (χ2v) is 10.7. The van der Waals surface area contributed by atoms with E-state index in [-0.39, 0.29) is 38.1 Å². The van der Waals surface area contributed by atoms with Gasteiger partial charge < -0.3 is 25.0 Å². The van der Waals surface area contributed by atoms with E-state index >= 15 is 0 Å². The number of aromatic amines is 1. The zero-order valence-corrected chi connectivity index (χ0v) is 21.8. The smallest absolute Gasteiger partial charge is 0.333 e. The van der Waals surface area contributed by atoms with Gasteiger partial charge in [0, 0.05) is 42.9 Å². The molecule has 2 amide bonds. The lowest BCUT2D eigenvalue weighted by atomic mass is 9.78. The van der Waals surface area contributed by atoms with Crippen LogP contribution in [0.3, 0.4) is 0 Å². The highest BCUT2D eigenvalue weighted by molar-refractivity contribution is 6.00. The molecule has 200 valence electrons. The lowest BCUT2D eigenvalue weighted by molar-refractivity contribution is -0.188. The fraction of sp³-hybridized carbons (Fsp3) is 0.379. The van der Waals surface area contributed by atoms with E-state index in [1.807, 2.05) is 36.5 Å². The van der Waals surface area contributed by atoms with Gasteiger partial charge in [0.1, 0.15) is 11.6 Å². The molecule has 38 heavy (non-hydrogen) atoms. The molecule has 0 spiro atoms. The molecular formula is C29H33N3O6. The van der Waals surface area contributed by atoms with Crippen LogP contribution in [0.4, 0.5) is 0 Å². The summed E-state index contributed by atoms with van der Waals surface area (Å²) in [5.41, 5.74) is 0.531. The summed E-state index contributed by atoms with van der Waals surface area (Å²) in [6.07, 6.45) is 2.00. The molecule has 4 rings (SSSR count). The monoisotopic (exact) mass is 519 g/mol. The number of esters is 1. The first kappa shape index (κ1) is 26.9. The molecule has 1 fully saturated rings. The van der Waals surface area contributed by atoms with Crippen molar-refractivity contribution in [1.82, 2.24) is 15.2 Å². The van der Waals surface area contributed by atoms with Crippen molar-refractivity contribution in [2.24, 2.45) is 0 Å². The van der Waals surface area contributed by atoms with Gasteiger partial charge in [0.2, 0.25) is 11.8 Å². The summed E-state index contributed by atoms with van der Waals surface area (Å²) in [5, 5.41) is 13.1. The third kappa shape index (κ3) is 5.88. The van der Waals surface area contributed by atoms with E-state index in [2.05, 4.69) is 10.3 Å². The van der Waals surface area contributed by atoms with Crippen LogP contribution in [0.2, 0.25) is 0 Å². The number of para-hydroxylation sites is 1. The van der Waals surface area contributed by atoms with Gasteiger partial charge in [-0.05, 0) is 38.0 Å². The van der Waals surface area contributed by atoms with Crippen molar-refractivity contribution < 1.29 is 29.0 Å². The first-order valence-electron chi connectivity index (χ1n) is 12.6. The summed E-state index contributed by atoms with van der Waals surface area (Å²) < 4.78 is 5.73. The van der Waals surface area contributed by atoms with Gasteiger partial charge >= 0.3 is 11.9 Å². The Bertz CT molecular complexity index is 1340. The molecule has 1 aliphatic heterocycles. The Kier molecular flexibility index (Phi) is 7.57. The number of carbonyl (C=O) groups is 4. The van der Waals surface area contributed by atoms with Crippen molar-refractivity contribution in [3.8, 4) is 0 Å². The Morgan fingerprint density at radius 1 is 1.11 bits per heavy atom. The first-order valence-corrected chi connectivity index (χ1v) is 12.6. The molecule has 0 aliphatic carbocycles. The van der Waals surface area contributed by atoms with Crippen LogP contribution in [-0.4, -0.2) is 62.5 Å². The molecule has 9 nitrogen and oxygen atoms in total. The van der Waals surface area contributed by atoms with Crippen LogP contribution in [0.1, 0.15) is 44.7 Å². The predicted octanol–water partition coefficient (Wildman–Crippen LogP) is 3.23. The van der Waals surface area contributed by atoms with Crippen LogP contribution in [0, 0.1) is 0 Å². The highest BCUT2D eigenvalue weighted by Crippen LogP contribution is 2.39. The minimum absolute atomic E-state index is 0.0329. The number of carboxylic acids is 1. The Morgan fingerprint density at radius 2 is 1.79 bits per heavy atom. The SMILES string of the molecule is CC(C)(C)OC(=O)[C@]1(Cc2c[nH]c3ccccc23)CC(=O)N1CCC(=O)N[C@@H](Cc1ccccc1)C(=O)O. The number of likely N-dealkylation sites (tertiary alicyclic amines) is 1. The van der Waals surface area contributed by atoms with Crippen molar-refractivity contribution in [1.29, 1.82) is 0 Å². The number of nitrogens with zero attached hydrogens (tertiary/aromatic N) is 1. The zero-order valence-electron chi connectivity index (χ0n) is 21.8. The fourth-order valence-electron chi connectivity index (χ4n) is 4.84. The van der Waals surface area contributed by atoms with Crippen LogP contribution in [-0.2, 0) is 36.8 Å². The lowest BCUT2D eigenvalue weighted by Crippen LogP contribution is -2.70. The summed E-state index contributed by atoms with van der Waals surface area (Å²) in [4.78, 5) is 55.4. The second kappa shape index (κ2) is 10.7. The highest BCUT2D eigenvalue weighted by atomic mass is 16.6. The number of carbonyl (C=O) groups excluding carboxylic acids is 3. The Balaban J connectivity index is 1.50. The maximum absolute atomic E-state index is 13.5. The zero-order chi connectivity index (χ0) is 27.5. The number of rotatable bonds is 10. The molecule has 2 aromatic carbocycles. The normalized spacial score (nSPS) is 18.1.